The summed E-state index contributed by atoms with van der Waals surface area (Å²) in [4.78, 5) is 16.0. The minimum Gasteiger partial charge on any atom is -0.394 e. The maximum atomic E-state index is 12.2. The molecule has 1 N–H and O–H groups in total. The van der Waals surface area contributed by atoms with Gasteiger partial charge in [-0.2, -0.15) is 0 Å². The summed E-state index contributed by atoms with van der Waals surface area (Å²) in [6, 6.07) is 3.94. The number of hydrogen-bond donors (Lipinski definition) is 1. The first-order chi connectivity index (χ1) is 7.76. The van der Waals surface area contributed by atoms with Crippen molar-refractivity contribution in [2.24, 2.45) is 0 Å². The molecule has 1 unspecified atom stereocenters. The van der Waals surface area contributed by atoms with E-state index in [0.717, 1.165) is 30.7 Å². The van der Waals surface area contributed by atoms with E-state index in [-0.39, 0.29) is 18.6 Å². The monoisotopic (exact) mass is 239 g/mol. The lowest BCUT2D eigenvalue weighted by atomic mass is 10.2. The van der Waals surface area contributed by atoms with Crippen molar-refractivity contribution >= 4 is 17.2 Å². The molecule has 0 aromatic carbocycles. The molecule has 1 aliphatic heterocycles. The van der Waals surface area contributed by atoms with E-state index in [2.05, 4.69) is 6.92 Å². The maximum absolute atomic E-state index is 12.2. The van der Waals surface area contributed by atoms with Crippen molar-refractivity contribution in [3.8, 4) is 0 Å². The summed E-state index contributed by atoms with van der Waals surface area (Å²) in [5.74, 6) is 0.0845. The Kier molecular flexibility index (Phi) is 3.61. The predicted octanol–water partition coefficient (Wildman–Crippen LogP) is 1.91. The van der Waals surface area contributed by atoms with Gasteiger partial charge in [-0.1, -0.05) is 6.92 Å². The van der Waals surface area contributed by atoms with Crippen molar-refractivity contribution < 1.29 is 9.90 Å². The third-order valence-corrected chi connectivity index (χ3v) is 4.29. The molecule has 1 aliphatic rings. The molecule has 1 atom stereocenters. The van der Waals surface area contributed by atoms with Crippen LogP contribution in [0.3, 0.4) is 0 Å². The van der Waals surface area contributed by atoms with Gasteiger partial charge in [0, 0.05) is 11.4 Å². The van der Waals surface area contributed by atoms with Gasteiger partial charge in [0.2, 0.25) is 0 Å². The lowest BCUT2D eigenvalue weighted by Crippen LogP contribution is -2.37. The van der Waals surface area contributed by atoms with Gasteiger partial charge in [0.25, 0.3) is 5.91 Å². The molecule has 0 aliphatic carbocycles. The van der Waals surface area contributed by atoms with Gasteiger partial charge in [-0.3, -0.25) is 4.79 Å². The minimum absolute atomic E-state index is 0.0275. The number of aliphatic hydroxyl groups is 1. The second-order valence-corrected chi connectivity index (χ2v) is 5.27. The molecule has 0 spiro atoms. The van der Waals surface area contributed by atoms with Gasteiger partial charge in [-0.15, -0.1) is 11.3 Å². The number of amides is 1. The molecular formula is C12H17NO2S. The van der Waals surface area contributed by atoms with Crippen LogP contribution in [0.4, 0.5) is 0 Å². The highest BCUT2D eigenvalue weighted by Crippen LogP contribution is 2.24. The van der Waals surface area contributed by atoms with E-state index in [1.807, 2.05) is 17.0 Å². The van der Waals surface area contributed by atoms with E-state index in [0.29, 0.717) is 0 Å². The molecule has 2 heterocycles. The van der Waals surface area contributed by atoms with Crippen molar-refractivity contribution in [3.05, 3.63) is 21.9 Å². The quantitative estimate of drug-likeness (QED) is 0.875. The van der Waals surface area contributed by atoms with Crippen molar-refractivity contribution in [3.63, 3.8) is 0 Å². The SMILES string of the molecule is CCc1ccc(C(=O)N2CCCC2CO)s1. The minimum atomic E-state index is 0.0275. The average molecular weight is 239 g/mol. The predicted molar refractivity (Wildman–Crippen MR) is 64.8 cm³/mol. The largest absolute Gasteiger partial charge is 0.394 e. The summed E-state index contributed by atoms with van der Waals surface area (Å²) in [5, 5.41) is 9.19. The molecule has 2 rings (SSSR count). The molecule has 0 radical (unpaired) electrons. The summed E-state index contributed by atoms with van der Waals surface area (Å²) in [5.41, 5.74) is 0. The summed E-state index contributed by atoms with van der Waals surface area (Å²) >= 11 is 1.57. The lowest BCUT2D eigenvalue weighted by molar-refractivity contribution is 0.0682. The third kappa shape index (κ3) is 2.13. The van der Waals surface area contributed by atoms with Crippen LogP contribution in [0.2, 0.25) is 0 Å². The number of nitrogens with zero attached hydrogens (tertiary/aromatic N) is 1. The number of hydrogen-bond acceptors (Lipinski definition) is 3. The first-order valence-corrected chi connectivity index (χ1v) is 6.58. The third-order valence-electron chi connectivity index (χ3n) is 3.07. The van der Waals surface area contributed by atoms with Crippen LogP contribution in [-0.2, 0) is 6.42 Å². The van der Waals surface area contributed by atoms with Crippen LogP contribution < -0.4 is 0 Å². The second kappa shape index (κ2) is 4.97. The standard InChI is InChI=1S/C12H17NO2S/c1-2-10-5-6-11(16-10)12(15)13-7-3-4-9(13)8-14/h5-6,9,14H,2-4,7-8H2,1H3. The molecule has 88 valence electrons. The molecule has 1 fully saturated rings. The lowest BCUT2D eigenvalue weighted by Gasteiger charge is -2.22. The topological polar surface area (TPSA) is 40.5 Å². The fourth-order valence-corrected chi connectivity index (χ4v) is 3.02. The summed E-state index contributed by atoms with van der Waals surface area (Å²) < 4.78 is 0. The Morgan fingerprint density at radius 2 is 2.44 bits per heavy atom. The number of thiophene rings is 1. The van der Waals surface area contributed by atoms with Gasteiger partial charge in [0.1, 0.15) is 0 Å². The van der Waals surface area contributed by atoms with Crippen molar-refractivity contribution in [1.29, 1.82) is 0 Å². The van der Waals surface area contributed by atoms with E-state index < -0.39 is 0 Å². The van der Waals surface area contributed by atoms with Crippen LogP contribution >= 0.6 is 11.3 Å². The van der Waals surface area contributed by atoms with Gasteiger partial charge >= 0.3 is 0 Å². The highest BCUT2D eigenvalue weighted by atomic mass is 32.1. The van der Waals surface area contributed by atoms with E-state index in [9.17, 15) is 9.90 Å². The fraction of sp³-hybridized carbons (Fsp3) is 0.583. The summed E-state index contributed by atoms with van der Waals surface area (Å²) in [7, 11) is 0. The Bertz CT molecular complexity index is 375. The van der Waals surface area contributed by atoms with Gasteiger partial charge < -0.3 is 10.0 Å². The second-order valence-electron chi connectivity index (χ2n) is 4.10. The number of carbonyl (C=O) groups is 1. The summed E-state index contributed by atoms with van der Waals surface area (Å²) in [6.07, 6.45) is 2.90. The molecule has 1 saturated heterocycles. The van der Waals surface area contributed by atoms with E-state index in [1.165, 1.54) is 4.88 Å². The smallest absolute Gasteiger partial charge is 0.264 e. The van der Waals surface area contributed by atoms with Gasteiger partial charge in [-0.05, 0) is 31.4 Å². The van der Waals surface area contributed by atoms with Gasteiger partial charge in [-0.25, -0.2) is 0 Å². The number of carbonyl (C=O) groups excluding carboxylic acids is 1. The Balaban J connectivity index is 2.12. The zero-order chi connectivity index (χ0) is 11.5. The van der Waals surface area contributed by atoms with Crippen LogP contribution in [0.1, 0.15) is 34.3 Å². The van der Waals surface area contributed by atoms with Crippen LogP contribution in [0, 0.1) is 0 Å². The molecule has 3 nitrogen and oxygen atoms in total. The first-order valence-electron chi connectivity index (χ1n) is 5.76. The van der Waals surface area contributed by atoms with E-state index in [4.69, 9.17) is 0 Å². The Labute approximate surface area is 99.7 Å². The van der Waals surface area contributed by atoms with Crippen molar-refractivity contribution in [2.75, 3.05) is 13.2 Å². The van der Waals surface area contributed by atoms with Crippen molar-refractivity contribution in [1.82, 2.24) is 4.90 Å². The number of aliphatic hydroxyl groups excluding tert-OH is 1. The van der Waals surface area contributed by atoms with Gasteiger partial charge in [0.05, 0.1) is 17.5 Å². The molecular weight excluding hydrogens is 222 g/mol. The Hall–Kier alpha value is -0.870. The molecule has 1 aromatic heterocycles. The van der Waals surface area contributed by atoms with Crippen LogP contribution in [0.25, 0.3) is 0 Å². The number of rotatable bonds is 3. The zero-order valence-corrected chi connectivity index (χ0v) is 10.3. The molecule has 1 amide bonds. The average Bonchev–Trinajstić information content (AvgIpc) is 2.96. The Morgan fingerprint density at radius 1 is 1.62 bits per heavy atom. The Morgan fingerprint density at radius 3 is 3.06 bits per heavy atom. The van der Waals surface area contributed by atoms with Crippen LogP contribution in [0.15, 0.2) is 12.1 Å². The molecule has 0 saturated carbocycles. The maximum Gasteiger partial charge on any atom is 0.264 e. The highest BCUT2D eigenvalue weighted by molar-refractivity contribution is 7.14. The number of aryl methyl sites for hydroxylation is 1. The van der Waals surface area contributed by atoms with E-state index >= 15 is 0 Å². The van der Waals surface area contributed by atoms with Crippen molar-refractivity contribution in [2.45, 2.75) is 32.2 Å². The zero-order valence-electron chi connectivity index (χ0n) is 9.48. The van der Waals surface area contributed by atoms with E-state index in [1.54, 1.807) is 11.3 Å². The number of likely N-dealkylation sites (tertiary alicyclic amines) is 1. The highest BCUT2D eigenvalue weighted by Gasteiger charge is 2.29. The normalized spacial score (nSPS) is 20.4. The summed E-state index contributed by atoms with van der Waals surface area (Å²) in [6.45, 7) is 2.95. The van der Waals surface area contributed by atoms with Gasteiger partial charge in [0.15, 0.2) is 0 Å². The molecule has 1 aromatic rings. The molecule has 0 bridgehead atoms. The molecule has 16 heavy (non-hydrogen) atoms. The van der Waals surface area contributed by atoms with Crippen LogP contribution in [-0.4, -0.2) is 35.1 Å². The first kappa shape index (κ1) is 11.6. The van der Waals surface area contributed by atoms with Crippen LogP contribution in [0.5, 0.6) is 0 Å². The molecule has 4 heteroatoms. The fourth-order valence-electron chi connectivity index (χ4n) is 2.12.